The molecule has 1 aromatic rings. The highest BCUT2D eigenvalue weighted by Crippen LogP contribution is 2.29. The van der Waals surface area contributed by atoms with Crippen LogP contribution in [-0.4, -0.2) is 28.5 Å². The summed E-state index contributed by atoms with van der Waals surface area (Å²) in [6, 6.07) is 0. The van der Waals surface area contributed by atoms with Crippen LogP contribution in [0.4, 0.5) is 0 Å². The molecule has 0 aliphatic heterocycles. The summed E-state index contributed by atoms with van der Waals surface area (Å²) in [5.74, 6) is 0.929. The van der Waals surface area contributed by atoms with Crippen molar-refractivity contribution >= 4 is 11.6 Å². The topological polar surface area (TPSA) is 39.9 Å². The molecule has 0 unspecified atom stereocenters. The fraction of sp³-hybridized carbons (Fsp3) is 0.846. The number of nitrogens with zero attached hydrogens (tertiary/aromatic N) is 3. The molecule has 1 rings (SSSR count). The van der Waals surface area contributed by atoms with E-state index < -0.39 is 0 Å². The van der Waals surface area contributed by atoms with Gasteiger partial charge in [0.15, 0.2) is 0 Å². The van der Waals surface area contributed by atoms with Crippen LogP contribution in [0.2, 0.25) is 5.28 Å². The Hall–Kier alpha value is -0.610. The Kier molecular flexibility index (Phi) is 4.78. The maximum Gasteiger partial charge on any atom is 0.225 e. The maximum absolute atomic E-state index is 6.15. The first-order valence-electron chi connectivity index (χ1n) is 6.25. The molecule has 1 heterocycles. The molecule has 0 saturated carbocycles. The number of halogens is 1. The molecule has 1 aromatic heterocycles. The summed E-state index contributed by atoms with van der Waals surface area (Å²) in [5.41, 5.74) is 0.0412. The Morgan fingerprint density at radius 1 is 1.17 bits per heavy atom. The molecule has 4 nitrogen and oxygen atoms in total. The van der Waals surface area contributed by atoms with Crippen LogP contribution in [0.25, 0.3) is 0 Å². The average molecular weight is 274 g/mol. The van der Waals surface area contributed by atoms with Gasteiger partial charge in [-0.2, -0.15) is 0 Å². The smallest absolute Gasteiger partial charge is 0.225 e. The molecular formula is C13H24ClN3O. The van der Waals surface area contributed by atoms with Crippen molar-refractivity contribution in [3.05, 3.63) is 11.1 Å². The van der Waals surface area contributed by atoms with E-state index in [2.05, 4.69) is 44.8 Å². The Balaban J connectivity index is 2.93. The van der Waals surface area contributed by atoms with E-state index >= 15 is 0 Å². The van der Waals surface area contributed by atoms with Crippen LogP contribution in [0, 0.1) is 5.41 Å². The van der Waals surface area contributed by atoms with Crippen LogP contribution < -0.4 is 0 Å². The van der Waals surface area contributed by atoms with Crippen LogP contribution in [0.1, 0.15) is 46.9 Å². The Bertz CT molecular complexity index is 393. The van der Waals surface area contributed by atoms with Gasteiger partial charge in [-0.25, -0.2) is 0 Å². The minimum atomic E-state index is -0.0581. The molecule has 0 bridgehead atoms. The molecule has 0 fully saturated rings. The van der Waals surface area contributed by atoms with Gasteiger partial charge in [0.25, 0.3) is 0 Å². The van der Waals surface area contributed by atoms with Crippen molar-refractivity contribution in [1.82, 2.24) is 14.8 Å². The lowest BCUT2D eigenvalue weighted by molar-refractivity contribution is 0.141. The zero-order valence-electron chi connectivity index (χ0n) is 12.2. The highest BCUT2D eigenvalue weighted by molar-refractivity contribution is 6.28. The van der Waals surface area contributed by atoms with E-state index in [1.807, 2.05) is 4.57 Å². The number of rotatable bonds is 5. The van der Waals surface area contributed by atoms with Gasteiger partial charge < -0.3 is 9.30 Å². The fourth-order valence-electron chi connectivity index (χ4n) is 1.86. The standard InChI is InChI=1S/C13H24ClN3O/c1-12(2,3)10-15-16-11(14)17(10)9-13(4,5)7-8-18-6/h7-9H2,1-6H3. The fourth-order valence-corrected chi connectivity index (χ4v) is 2.04. The zero-order valence-corrected chi connectivity index (χ0v) is 13.0. The summed E-state index contributed by atoms with van der Waals surface area (Å²) >= 11 is 6.15. The normalized spacial score (nSPS) is 13.1. The number of methoxy groups -OCH3 is 1. The van der Waals surface area contributed by atoms with Gasteiger partial charge in [-0.1, -0.05) is 34.6 Å². The second kappa shape index (κ2) is 5.57. The second-order valence-corrected chi connectivity index (χ2v) is 6.87. The van der Waals surface area contributed by atoms with E-state index in [1.54, 1.807) is 7.11 Å². The summed E-state index contributed by atoms with van der Waals surface area (Å²) in [6.07, 6.45) is 0.974. The van der Waals surface area contributed by atoms with Crippen molar-refractivity contribution < 1.29 is 4.74 Å². The number of aromatic nitrogens is 3. The SMILES string of the molecule is COCCC(C)(C)Cn1c(Cl)nnc1C(C)(C)C. The Morgan fingerprint density at radius 3 is 2.28 bits per heavy atom. The maximum atomic E-state index is 6.15. The van der Waals surface area contributed by atoms with Gasteiger partial charge >= 0.3 is 0 Å². The lowest BCUT2D eigenvalue weighted by atomic mass is 9.88. The van der Waals surface area contributed by atoms with Gasteiger partial charge in [0.1, 0.15) is 5.82 Å². The molecule has 18 heavy (non-hydrogen) atoms. The first kappa shape index (κ1) is 15.4. The highest BCUT2D eigenvalue weighted by atomic mass is 35.5. The molecule has 5 heteroatoms. The molecule has 0 aromatic carbocycles. The second-order valence-electron chi connectivity index (χ2n) is 6.54. The van der Waals surface area contributed by atoms with Gasteiger partial charge in [0, 0.05) is 25.7 Å². The van der Waals surface area contributed by atoms with Crippen LogP contribution in [0.5, 0.6) is 0 Å². The zero-order chi connectivity index (χ0) is 14.0. The minimum absolute atomic E-state index is 0.0581. The third-order valence-electron chi connectivity index (χ3n) is 2.95. The van der Waals surface area contributed by atoms with E-state index in [-0.39, 0.29) is 10.8 Å². The Morgan fingerprint density at radius 2 is 1.78 bits per heavy atom. The van der Waals surface area contributed by atoms with E-state index in [1.165, 1.54) is 0 Å². The van der Waals surface area contributed by atoms with Crippen LogP contribution in [0.15, 0.2) is 0 Å². The molecular weight excluding hydrogens is 250 g/mol. The van der Waals surface area contributed by atoms with E-state index in [9.17, 15) is 0 Å². The molecule has 0 amide bonds. The highest BCUT2D eigenvalue weighted by Gasteiger charge is 2.27. The lowest BCUT2D eigenvalue weighted by Gasteiger charge is -2.28. The van der Waals surface area contributed by atoms with Crippen LogP contribution >= 0.6 is 11.6 Å². The number of hydrogen-bond donors (Lipinski definition) is 0. The summed E-state index contributed by atoms with van der Waals surface area (Å²) in [5, 5.41) is 8.66. The van der Waals surface area contributed by atoms with E-state index in [0.29, 0.717) is 5.28 Å². The third kappa shape index (κ3) is 3.95. The molecule has 0 atom stereocenters. The summed E-state index contributed by atoms with van der Waals surface area (Å²) < 4.78 is 7.16. The lowest BCUT2D eigenvalue weighted by Crippen LogP contribution is -2.26. The van der Waals surface area contributed by atoms with E-state index in [0.717, 1.165) is 25.4 Å². The minimum Gasteiger partial charge on any atom is -0.385 e. The van der Waals surface area contributed by atoms with Crippen molar-refractivity contribution in [3.8, 4) is 0 Å². The molecule has 0 N–H and O–H groups in total. The Labute approximate surface area is 115 Å². The van der Waals surface area contributed by atoms with Crippen molar-refractivity contribution in [3.63, 3.8) is 0 Å². The molecule has 104 valence electrons. The van der Waals surface area contributed by atoms with Crippen LogP contribution in [-0.2, 0) is 16.7 Å². The first-order valence-corrected chi connectivity index (χ1v) is 6.63. The van der Waals surface area contributed by atoms with Crippen molar-refractivity contribution in [2.45, 2.75) is 53.0 Å². The average Bonchev–Trinajstić information content (AvgIpc) is 2.56. The molecule has 0 aliphatic carbocycles. The van der Waals surface area contributed by atoms with Gasteiger partial charge in [-0.3, -0.25) is 0 Å². The summed E-state index contributed by atoms with van der Waals surface area (Å²) in [6.45, 7) is 12.3. The van der Waals surface area contributed by atoms with Crippen molar-refractivity contribution in [1.29, 1.82) is 0 Å². The third-order valence-corrected chi connectivity index (χ3v) is 3.23. The predicted octanol–water partition coefficient (Wildman–Crippen LogP) is 3.29. The largest absolute Gasteiger partial charge is 0.385 e. The predicted molar refractivity (Wildman–Crippen MR) is 74.0 cm³/mol. The van der Waals surface area contributed by atoms with Gasteiger partial charge in [0.2, 0.25) is 5.28 Å². The molecule has 0 saturated heterocycles. The van der Waals surface area contributed by atoms with Crippen molar-refractivity contribution in [2.75, 3.05) is 13.7 Å². The van der Waals surface area contributed by atoms with E-state index in [4.69, 9.17) is 16.3 Å². The summed E-state index contributed by atoms with van der Waals surface area (Å²) in [7, 11) is 1.72. The van der Waals surface area contributed by atoms with Gasteiger partial charge in [-0.15, -0.1) is 10.2 Å². The molecule has 0 radical (unpaired) electrons. The van der Waals surface area contributed by atoms with Crippen molar-refractivity contribution in [2.24, 2.45) is 5.41 Å². The van der Waals surface area contributed by atoms with Gasteiger partial charge in [0.05, 0.1) is 0 Å². The van der Waals surface area contributed by atoms with Gasteiger partial charge in [-0.05, 0) is 23.4 Å². The number of ether oxygens (including phenoxy) is 1. The first-order chi connectivity index (χ1) is 8.17. The quantitative estimate of drug-likeness (QED) is 0.826. The molecule has 0 aliphatic rings. The monoisotopic (exact) mass is 273 g/mol. The summed E-state index contributed by atoms with van der Waals surface area (Å²) in [4.78, 5) is 0. The molecule has 0 spiro atoms. The number of hydrogen-bond acceptors (Lipinski definition) is 3. The van der Waals surface area contributed by atoms with Crippen LogP contribution in [0.3, 0.4) is 0 Å².